The van der Waals surface area contributed by atoms with Gasteiger partial charge in [0.15, 0.2) is 0 Å². The quantitative estimate of drug-likeness (QED) is 0.641. The molecule has 0 unspecified atom stereocenters. The summed E-state index contributed by atoms with van der Waals surface area (Å²) in [5, 5.41) is 4.27. The third-order valence-corrected chi connectivity index (χ3v) is 4.62. The Kier molecular flexibility index (Phi) is 2.25. The molecular weight excluding hydrogens is 183 g/mol. The fourth-order valence-electron chi connectivity index (χ4n) is 2.85. The second-order valence-electron chi connectivity index (χ2n) is 6.25. The lowest BCUT2D eigenvalue weighted by Crippen LogP contribution is -2.33. The molecule has 0 radical (unpaired) electrons. The second-order valence-corrected chi connectivity index (χ2v) is 6.25. The highest BCUT2D eigenvalue weighted by Gasteiger charge is 2.48. The molecule has 0 bridgehead atoms. The topological polar surface area (TPSA) is 17.8 Å². The Morgan fingerprint density at radius 2 is 1.73 bits per heavy atom. The van der Waals surface area contributed by atoms with Crippen molar-refractivity contribution >= 4 is 12.3 Å². The summed E-state index contributed by atoms with van der Waals surface area (Å²) in [6, 6.07) is 2.17. The van der Waals surface area contributed by atoms with E-state index in [0.717, 1.165) is 0 Å². The van der Waals surface area contributed by atoms with Crippen molar-refractivity contribution in [3.05, 3.63) is 12.3 Å². The first-order valence-corrected chi connectivity index (χ1v) is 5.81. The van der Waals surface area contributed by atoms with Gasteiger partial charge in [0.2, 0.25) is 6.71 Å². The smallest absolute Gasteiger partial charge is 0.200 e. The fourth-order valence-corrected chi connectivity index (χ4v) is 2.85. The molecule has 1 aromatic heterocycles. The van der Waals surface area contributed by atoms with Crippen molar-refractivity contribution in [2.45, 2.75) is 40.3 Å². The van der Waals surface area contributed by atoms with Gasteiger partial charge in [-0.15, -0.1) is 0 Å². The number of aryl methyl sites for hydroxylation is 1. The van der Waals surface area contributed by atoms with Crippen LogP contribution in [0.5, 0.6) is 0 Å². The number of aromatic nitrogens is 2. The van der Waals surface area contributed by atoms with Crippen LogP contribution in [-0.2, 0) is 7.05 Å². The first kappa shape index (κ1) is 10.8. The lowest BCUT2D eigenvalue weighted by molar-refractivity contribution is 0.177. The van der Waals surface area contributed by atoms with E-state index in [1.54, 1.807) is 0 Å². The van der Waals surface area contributed by atoms with Crippen molar-refractivity contribution in [3.63, 3.8) is 0 Å². The van der Waals surface area contributed by atoms with Crippen LogP contribution in [0.2, 0.25) is 12.6 Å². The summed E-state index contributed by atoms with van der Waals surface area (Å²) < 4.78 is 2.03. The molecule has 1 saturated heterocycles. The summed E-state index contributed by atoms with van der Waals surface area (Å²) in [5.41, 5.74) is 2.26. The molecule has 0 saturated carbocycles. The van der Waals surface area contributed by atoms with Gasteiger partial charge in [-0.25, -0.2) is 0 Å². The van der Waals surface area contributed by atoms with Gasteiger partial charge in [-0.2, -0.15) is 5.10 Å². The van der Waals surface area contributed by atoms with Crippen molar-refractivity contribution in [3.8, 4) is 0 Å². The SMILES string of the molecule is Cn1nccc1B1CC(C)(C)C(C)(C)C1. The zero-order valence-corrected chi connectivity index (χ0v) is 10.5. The molecule has 15 heavy (non-hydrogen) atoms. The lowest BCUT2D eigenvalue weighted by Gasteiger charge is -2.35. The van der Waals surface area contributed by atoms with Crippen molar-refractivity contribution in [1.82, 2.24) is 9.78 Å². The Hall–Kier alpha value is -0.725. The van der Waals surface area contributed by atoms with Crippen molar-refractivity contribution in [1.29, 1.82) is 0 Å². The zero-order valence-electron chi connectivity index (χ0n) is 10.5. The molecule has 0 aliphatic carbocycles. The van der Waals surface area contributed by atoms with E-state index in [1.165, 1.54) is 18.2 Å². The van der Waals surface area contributed by atoms with Crippen LogP contribution >= 0.6 is 0 Å². The normalized spacial score (nSPS) is 23.4. The van der Waals surface area contributed by atoms with Crippen LogP contribution < -0.4 is 5.59 Å². The van der Waals surface area contributed by atoms with Crippen molar-refractivity contribution < 1.29 is 0 Å². The molecule has 1 aliphatic rings. The van der Waals surface area contributed by atoms with Crippen LogP contribution in [-0.4, -0.2) is 16.5 Å². The van der Waals surface area contributed by atoms with Crippen LogP contribution in [0.4, 0.5) is 0 Å². The predicted octanol–water partition coefficient (Wildman–Crippen LogP) is 2.19. The summed E-state index contributed by atoms with van der Waals surface area (Å²) in [5.74, 6) is 0. The molecule has 1 fully saturated rings. The van der Waals surface area contributed by atoms with E-state index >= 15 is 0 Å². The Labute approximate surface area is 93.1 Å². The summed E-state index contributed by atoms with van der Waals surface area (Å²) in [4.78, 5) is 0. The summed E-state index contributed by atoms with van der Waals surface area (Å²) in [6.07, 6.45) is 4.46. The molecule has 0 N–H and O–H groups in total. The largest absolute Gasteiger partial charge is 0.282 e. The fraction of sp³-hybridized carbons (Fsp3) is 0.750. The minimum Gasteiger partial charge on any atom is -0.282 e. The molecule has 2 rings (SSSR count). The third-order valence-electron chi connectivity index (χ3n) is 4.62. The molecule has 0 spiro atoms. The van der Waals surface area contributed by atoms with Crippen molar-refractivity contribution in [2.75, 3.05) is 0 Å². The van der Waals surface area contributed by atoms with E-state index in [2.05, 4.69) is 38.9 Å². The number of hydrogen-bond acceptors (Lipinski definition) is 1. The summed E-state index contributed by atoms with van der Waals surface area (Å²) in [6.45, 7) is 10.3. The molecule has 0 atom stereocenters. The molecule has 0 amide bonds. The lowest BCUT2D eigenvalue weighted by atomic mass is 9.44. The molecule has 3 heteroatoms. The van der Waals surface area contributed by atoms with E-state index in [0.29, 0.717) is 17.5 Å². The molecule has 0 aromatic carbocycles. The highest BCUT2D eigenvalue weighted by atomic mass is 15.2. The highest BCUT2D eigenvalue weighted by molar-refractivity contribution is 6.73. The zero-order chi connectivity index (χ0) is 11.3. The van der Waals surface area contributed by atoms with Crippen LogP contribution in [0.15, 0.2) is 12.3 Å². The first-order chi connectivity index (χ1) is 6.83. The second kappa shape index (κ2) is 3.13. The first-order valence-electron chi connectivity index (χ1n) is 5.81. The van der Waals surface area contributed by atoms with Crippen LogP contribution in [0.1, 0.15) is 27.7 Å². The molecule has 2 nitrogen and oxygen atoms in total. The molecule has 1 aliphatic heterocycles. The third kappa shape index (κ3) is 1.62. The Morgan fingerprint density at radius 1 is 1.20 bits per heavy atom. The monoisotopic (exact) mass is 204 g/mol. The summed E-state index contributed by atoms with van der Waals surface area (Å²) in [7, 11) is 2.05. The van der Waals surface area contributed by atoms with Gasteiger partial charge in [0.25, 0.3) is 0 Å². The van der Waals surface area contributed by atoms with Gasteiger partial charge >= 0.3 is 0 Å². The van der Waals surface area contributed by atoms with Gasteiger partial charge in [0.05, 0.1) is 0 Å². The number of rotatable bonds is 1. The van der Waals surface area contributed by atoms with E-state index in [9.17, 15) is 0 Å². The van der Waals surface area contributed by atoms with Crippen LogP contribution in [0.3, 0.4) is 0 Å². The molecule has 2 heterocycles. The minimum absolute atomic E-state index is 0.432. The van der Waals surface area contributed by atoms with E-state index in [4.69, 9.17) is 0 Å². The highest BCUT2D eigenvalue weighted by Crippen LogP contribution is 2.52. The Bertz CT molecular complexity index is 349. The van der Waals surface area contributed by atoms with Crippen LogP contribution in [0, 0.1) is 10.8 Å². The molecule has 1 aromatic rings. The van der Waals surface area contributed by atoms with E-state index in [1.807, 2.05) is 17.9 Å². The van der Waals surface area contributed by atoms with E-state index in [-0.39, 0.29) is 0 Å². The van der Waals surface area contributed by atoms with Crippen LogP contribution in [0.25, 0.3) is 0 Å². The Morgan fingerprint density at radius 3 is 2.13 bits per heavy atom. The summed E-state index contributed by atoms with van der Waals surface area (Å²) >= 11 is 0. The number of nitrogens with zero attached hydrogens (tertiary/aromatic N) is 2. The maximum absolute atomic E-state index is 4.27. The van der Waals surface area contributed by atoms with Crippen molar-refractivity contribution in [2.24, 2.45) is 17.9 Å². The van der Waals surface area contributed by atoms with E-state index < -0.39 is 0 Å². The molecule has 82 valence electrons. The van der Waals surface area contributed by atoms with Gasteiger partial charge < -0.3 is 0 Å². The average molecular weight is 204 g/mol. The van der Waals surface area contributed by atoms with Gasteiger partial charge in [0, 0.05) is 18.8 Å². The number of hydrogen-bond donors (Lipinski definition) is 0. The minimum atomic E-state index is 0.432. The Balaban J connectivity index is 2.27. The van der Waals surface area contributed by atoms with Gasteiger partial charge in [-0.05, 0) is 16.9 Å². The predicted molar refractivity (Wildman–Crippen MR) is 65.8 cm³/mol. The van der Waals surface area contributed by atoms with Gasteiger partial charge in [0.1, 0.15) is 0 Å². The standard InChI is InChI=1S/C12H21BN2/c1-11(2)8-13(9-12(11,3)4)10-6-7-14-15(10)5/h6-7H,8-9H2,1-5H3. The van der Waals surface area contributed by atoms with Gasteiger partial charge in [-0.3, -0.25) is 4.68 Å². The average Bonchev–Trinajstić information content (AvgIpc) is 2.55. The van der Waals surface area contributed by atoms with Gasteiger partial charge in [-0.1, -0.05) is 40.3 Å². The maximum atomic E-state index is 4.27. The molecular formula is C12H21BN2. The maximum Gasteiger partial charge on any atom is 0.200 e.